The van der Waals surface area contributed by atoms with Gasteiger partial charge in [-0.15, -0.1) is 0 Å². The zero-order valence-electron chi connectivity index (χ0n) is 9.67. The lowest BCUT2D eigenvalue weighted by atomic mass is 10.0. The van der Waals surface area contributed by atoms with E-state index in [0.29, 0.717) is 17.8 Å². The van der Waals surface area contributed by atoms with Crippen LogP contribution in [0.1, 0.15) is 12.5 Å². The lowest BCUT2D eigenvalue weighted by Crippen LogP contribution is -2.00. The van der Waals surface area contributed by atoms with Gasteiger partial charge >= 0.3 is 0 Å². The number of nitrogens with zero attached hydrogens (tertiary/aromatic N) is 2. The predicted molar refractivity (Wildman–Crippen MR) is 62.4 cm³/mol. The lowest BCUT2D eigenvalue weighted by molar-refractivity contribution is 0.510. The molecule has 0 fully saturated rings. The van der Waals surface area contributed by atoms with Crippen molar-refractivity contribution in [1.29, 1.82) is 0 Å². The van der Waals surface area contributed by atoms with Crippen LogP contribution in [0.4, 0.5) is 14.6 Å². The molecule has 2 N–H and O–H groups in total. The molecule has 2 rings (SSSR count). The fourth-order valence-corrected chi connectivity index (χ4v) is 1.70. The average molecular weight is 237 g/mol. The topological polar surface area (TPSA) is 43.8 Å². The second kappa shape index (κ2) is 4.16. The van der Waals surface area contributed by atoms with Crippen molar-refractivity contribution in [1.82, 2.24) is 9.78 Å². The van der Waals surface area contributed by atoms with E-state index in [0.717, 1.165) is 5.56 Å². The van der Waals surface area contributed by atoms with E-state index in [9.17, 15) is 8.78 Å². The summed E-state index contributed by atoms with van der Waals surface area (Å²) in [6.45, 7) is 1.88. The fourth-order valence-electron chi connectivity index (χ4n) is 1.70. The molecule has 0 amide bonds. The Morgan fingerprint density at radius 3 is 2.53 bits per heavy atom. The third-order valence-corrected chi connectivity index (χ3v) is 2.77. The molecule has 5 heteroatoms. The molecule has 17 heavy (non-hydrogen) atoms. The number of hydrogen-bond acceptors (Lipinski definition) is 2. The van der Waals surface area contributed by atoms with E-state index < -0.39 is 11.6 Å². The second-order valence-electron chi connectivity index (χ2n) is 3.86. The van der Waals surface area contributed by atoms with Crippen LogP contribution in [0.2, 0.25) is 0 Å². The van der Waals surface area contributed by atoms with Gasteiger partial charge in [0.05, 0.1) is 6.20 Å². The van der Waals surface area contributed by atoms with Gasteiger partial charge < -0.3 is 5.73 Å². The number of hydrogen-bond donors (Lipinski definition) is 1. The molecule has 3 nitrogen and oxygen atoms in total. The lowest BCUT2D eigenvalue weighted by Gasteiger charge is -2.06. The van der Waals surface area contributed by atoms with Crippen molar-refractivity contribution in [2.75, 3.05) is 5.73 Å². The van der Waals surface area contributed by atoms with Crippen molar-refractivity contribution < 1.29 is 8.78 Å². The highest BCUT2D eigenvalue weighted by Crippen LogP contribution is 2.30. The van der Waals surface area contributed by atoms with E-state index >= 15 is 0 Å². The Kier molecular flexibility index (Phi) is 2.83. The van der Waals surface area contributed by atoms with Gasteiger partial charge in [-0.3, -0.25) is 4.68 Å². The summed E-state index contributed by atoms with van der Waals surface area (Å²) in [6.07, 6.45) is 2.07. The molecule has 0 atom stereocenters. The molecular weight excluding hydrogens is 224 g/mol. The summed E-state index contributed by atoms with van der Waals surface area (Å²) in [5.74, 6) is -1.43. The van der Waals surface area contributed by atoms with Crippen LogP contribution in [0.5, 0.6) is 0 Å². The summed E-state index contributed by atoms with van der Waals surface area (Å²) < 4.78 is 28.6. The molecule has 2 aromatic rings. The van der Waals surface area contributed by atoms with Crippen LogP contribution in [0.3, 0.4) is 0 Å². The van der Waals surface area contributed by atoms with Gasteiger partial charge in [-0.05, 0) is 24.1 Å². The van der Waals surface area contributed by atoms with Crippen LogP contribution in [0, 0.1) is 11.6 Å². The van der Waals surface area contributed by atoms with Gasteiger partial charge in [0.1, 0.15) is 5.82 Å². The SMILES string of the molecule is CCc1cc(F)c(F)c(-c2cnn(C)c2N)c1. The highest BCUT2D eigenvalue weighted by molar-refractivity contribution is 5.74. The van der Waals surface area contributed by atoms with Gasteiger partial charge in [0.15, 0.2) is 11.6 Å². The zero-order valence-corrected chi connectivity index (χ0v) is 9.67. The highest BCUT2D eigenvalue weighted by atomic mass is 19.2. The molecule has 0 aliphatic heterocycles. The van der Waals surface area contributed by atoms with Crippen LogP contribution < -0.4 is 5.73 Å². The summed E-state index contributed by atoms with van der Waals surface area (Å²) >= 11 is 0. The normalized spacial score (nSPS) is 10.8. The standard InChI is InChI=1S/C12H13F2N3/c1-3-7-4-8(11(14)10(13)5-7)9-6-16-17(2)12(9)15/h4-6H,3,15H2,1-2H3. The van der Waals surface area contributed by atoms with E-state index in [1.54, 1.807) is 13.1 Å². The highest BCUT2D eigenvalue weighted by Gasteiger charge is 2.16. The zero-order chi connectivity index (χ0) is 12.6. The number of halogens is 2. The second-order valence-corrected chi connectivity index (χ2v) is 3.86. The number of benzene rings is 1. The third-order valence-electron chi connectivity index (χ3n) is 2.77. The minimum atomic E-state index is -0.887. The van der Waals surface area contributed by atoms with Gasteiger partial charge in [-0.25, -0.2) is 8.78 Å². The van der Waals surface area contributed by atoms with Gasteiger partial charge in [0, 0.05) is 18.2 Å². The number of rotatable bonds is 2. The van der Waals surface area contributed by atoms with E-state index in [-0.39, 0.29) is 5.56 Å². The number of anilines is 1. The summed E-state index contributed by atoms with van der Waals surface area (Å²) in [7, 11) is 1.65. The average Bonchev–Trinajstić information content (AvgIpc) is 2.64. The monoisotopic (exact) mass is 237 g/mol. The summed E-state index contributed by atoms with van der Waals surface area (Å²) in [5.41, 5.74) is 7.06. The first-order valence-corrected chi connectivity index (χ1v) is 5.30. The summed E-state index contributed by atoms with van der Waals surface area (Å²) in [4.78, 5) is 0. The van der Waals surface area contributed by atoms with E-state index in [4.69, 9.17) is 5.73 Å². The molecule has 1 heterocycles. The molecule has 1 aromatic heterocycles. The molecule has 1 aromatic carbocycles. The minimum Gasteiger partial charge on any atom is -0.383 e. The van der Waals surface area contributed by atoms with Crippen LogP contribution in [-0.2, 0) is 13.5 Å². The molecule has 0 spiro atoms. The van der Waals surface area contributed by atoms with E-state index in [2.05, 4.69) is 5.10 Å². The number of nitrogen functional groups attached to an aromatic ring is 1. The van der Waals surface area contributed by atoms with Crippen LogP contribution in [0.15, 0.2) is 18.3 Å². The molecule has 0 bridgehead atoms. The number of aryl methyl sites for hydroxylation is 2. The van der Waals surface area contributed by atoms with Gasteiger partial charge in [0.25, 0.3) is 0 Å². The van der Waals surface area contributed by atoms with Gasteiger partial charge in [0.2, 0.25) is 0 Å². The van der Waals surface area contributed by atoms with Crippen LogP contribution in [-0.4, -0.2) is 9.78 Å². The van der Waals surface area contributed by atoms with Crippen molar-refractivity contribution in [2.24, 2.45) is 7.05 Å². The Morgan fingerprint density at radius 2 is 2.00 bits per heavy atom. The Hall–Kier alpha value is -1.91. The molecule has 0 unspecified atom stereocenters. The Morgan fingerprint density at radius 1 is 1.29 bits per heavy atom. The Bertz CT molecular complexity index is 561. The smallest absolute Gasteiger partial charge is 0.166 e. The molecule has 90 valence electrons. The van der Waals surface area contributed by atoms with E-state index in [1.807, 2.05) is 6.92 Å². The van der Waals surface area contributed by atoms with E-state index in [1.165, 1.54) is 16.9 Å². The Labute approximate surface area is 97.9 Å². The third kappa shape index (κ3) is 1.88. The first-order chi connectivity index (χ1) is 8.04. The predicted octanol–water partition coefficient (Wildman–Crippen LogP) is 2.51. The maximum atomic E-state index is 13.7. The van der Waals surface area contributed by atoms with Crippen molar-refractivity contribution >= 4 is 5.82 Å². The molecule has 0 aliphatic carbocycles. The summed E-state index contributed by atoms with van der Waals surface area (Å²) in [6, 6.07) is 2.80. The maximum absolute atomic E-state index is 13.7. The first-order valence-electron chi connectivity index (χ1n) is 5.30. The molecule has 0 radical (unpaired) electrons. The Balaban J connectivity index is 2.66. The van der Waals surface area contributed by atoms with Crippen LogP contribution >= 0.6 is 0 Å². The van der Waals surface area contributed by atoms with Crippen molar-refractivity contribution in [2.45, 2.75) is 13.3 Å². The van der Waals surface area contributed by atoms with Crippen molar-refractivity contribution in [3.63, 3.8) is 0 Å². The van der Waals surface area contributed by atoms with Crippen molar-refractivity contribution in [3.8, 4) is 11.1 Å². The number of nitrogens with two attached hydrogens (primary N) is 1. The quantitative estimate of drug-likeness (QED) is 0.872. The maximum Gasteiger partial charge on any atom is 0.166 e. The first kappa shape index (κ1) is 11.6. The molecule has 0 aliphatic rings. The number of aromatic nitrogens is 2. The molecule has 0 saturated carbocycles. The molecular formula is C12H13F2N3. The largest absolute Gasteiger partial charge is 0.383 e. The van der Waals surface area contributed by atoms with Gasteiger partial charge in [-0.2, -0.15) is 5.10 Å². The molecule has 0 saturated heterocycles. The van der Waals surface area contributed by atoms with Gasteiger partial charge in [-0.1, -0.05) is 6.92 Å². The van der Waals surface area contributed by atoms with Crippen LogP contribution in [0.25, 0.3) is 11.1 Å². The van der Waals surface area contributed by atoms with Crippen molar-refractivity contribution in [3.05, 3.63) is 35.5 Å². The minimum absolute atomic E-state index is 0.160. The summed E-state index contributed by atoms with van der Waals surface area (Å²) in [5, 5.41) is 3.92. The fraction of sp³-hybridized carbons (Fsp3) is 0.250.